The number of benzene rings is 1. The lowest BCUT2D eigenvalue weighted by Crippen LogP contribution is -2.63. The van der Waals surface area contributed by atoms with Crippen molar-refractivity contribution in [3.63, 3.8) is 0 Å². The fraction of sp³-hybridized carbons (Fsp3) is 0.562. The Bertz CT molecular complexity index is 525. The second-order valence-corrected chi connectivity index (χ2v) is 6.36. The molecule has 1 atom stereocenters. The minimum Gasteiger partial charge on any atom is -0.372 e. The monoisotopic (exact) mass is 291 g/mol. The van der Waals surface area contributed by atoms with E-state index < -0.39 is 5.54 Å². The minimum atomic E-state index is -0.662. The van der Waals surface area contributed by atoms with E-state index in [0.717, 1.165) is 31.4 Å². The van der Waals surface area contributed by atoms with Crippen LogP contribution in [0.4, 0.5) is 10.1 Å². The van der Waals surface area contributed by atoms with Gasteiger partial charge in [0.1, 0.15) is 11.4 Å². The molecule has 1 unspecified atom stereocenters. The predicted octanol–water partition coefficient (Wildman–Crippen LogP) is 1.65. The lowest BCUT2D eigenvalue weighted by molar-refractivity contribution is -0.125. The van der Waals surface area contributed by atoms with Gasteiger partial charge in [-0.15, -0.1) is 0 Å². The average Bonchev–Trinajstić information content (AvgIpc) is 3.31. The molecule has 1 aromatic rings. The molecule has 3 rings (SSSR count). The normalized spacial score (nSPS) is 20.9. The van der Waals surface area contributed by atoms with Gasteiger partial charge in [-0.25, -0.2) is 4.39 Å². The minimum absolute atomic E-state index is 0.258. The maximum Gasteiger partial charge on any atom is 0.239 e. The molecule has 2 fully saturated rings. The SMILES string of the molecule is CN(CC(NC1CC1)(C(N)=O)C1CC1)c1ccc(F)cc1. The van der Waals surface area contributed by atoms with Crippen molar-refractivity contribution < 1.29 is 9.18 Å². The van der Waals surface area contributed by atoms with E-state index in [9.17, 15) is 9.18 Å². The van der Waals surface area contributed by atoms with Crippen LogP contribution >= 0.6 is 0 Å². The molecule has 0 spiro atoms. The highest BCUT2D eigenvalue weighted by Gasteiger charge is 2.52. The topological polar surface area (TPSA) is 58.4 Å². The lowest BCUT2D eigenvalue weighted by atomic mass is 9.91. The second kappa shape index (κ2) is 5.30. The third-order valence-corrected chi connectivity index (χ3v) is 4.51. The number of hydrogen-bond acceptors (Lipinski definition) is 3. The van der Waals surface area contributed by atoms with Crippen LogP contribution in [-0.4, -0.2) is 31.1 Å². The van der Waals surface area contributed by atoms with Crippen molar-refractivity contribution in [3.8, 4) is 0 Å². The third-order valence-electron chi connectivity index (χ3n) is 4.51. The van der Waals surface area contributed by atoms with Crippen LogP contribution in [0.5, 0.6) is 0 Å². The number of carbonyl (C=O) groups excluding carboxylic acids is 1. The summed E-state index contributed by atoms with van der Waals surface area (Å²) in [5, 5.41) is 3.49. The molecule has 5 heteroatoms. The molecular weight excluding hydrogens is 269 g/mol. The molecule has 3 N–H and O–H groups in total. The summed E-state index contributed by atoms with van der Waals surface area (Å²) in [5.41, 5.74) is 5.98. The predicted molar refractivity (Wildman–Crippen MR) is 80.5 cm³/mol. The summed E-state index contributed by atoms with van der Waals surface area (Å²) in [7, 11) is 1.92. The van der Waals surface area contributed by atoms with Gasteiger partial charge in [-0.2, -0.15) is 0 Å². The zero-order valence-electron chi connectivity index (χ0n) is 12.3. The first-order valence-electron chi connectivity index (χ1n) is 7.55. The first-order chi connectivity index (χ1) is 10.0. The van der Waals surface area contributed by atoms with Gasteiger partial charge in [0, 0.05) is 25.3 Å². The van der Waals surface area contributed by atoms with Crippen LogP contribution in [0.1, 0.15) is 25.7 Å². The lowest BCUT2D eigenvalue weighted by Gasteiger charge is -2.37. The van der Waals surface area contributed by atoms with Crippen LogP contribution < -0.4 is 16.0 Å². The fourth-order valence-corrected chi connectivity index (χ4v) is 2.97. The van der Waals surface area contributed by atoms with E-state index in [0.29, 0.717) is 18.5 Å². The molecule has 2 saturated carbocycles. The molecule has 1 amide bonds. The van der Waals surface area contributed by atoms with Crippen molar-refractivity contribution in [2.45, 2.75) is 37.3 Å². The van der Waals surface area contributed by atoms with E-state index >= 15 is 0 Å². The number of nitrogens with zero attached hydrogens (tertiary/aromatic N) is 1. The smallest absolute Gasteiger partial charge is 0.239 e. The number of primary amides is 1. The second-order valence-electron chi connectivity index (χ2n) is 6.36. The summed E-state index contributed by atoms with van der Waals surface area (Å²) in [6.07, 6.45) is 4.31. The molecule has 114 valence electrons. The van der Waals surface area contributed by atoms with E-state index in [1.54, 1.807) is 12.1 Å². The van der Waals surface area contributed by atoms with Crippen LogP contribution in [0.25, 0.3) is 0 Å². The van der Waals surface area contributed by atoms with Gasteiger partial charge in [0.2, 0.25) is 5.91 Å². The van der Waals surface area contributed by atoms with Crippen molar-refractivity contribution >= 4 is 11.6 Å². The standard InChI is InChI=1S/C16H22FN3O/c1-20(14-8-4-12(17)5-9-14)10-16(15(18)21,11-2-3-11)19-13-6-7-13/h4-5,8-9,11,13,19H,2-3,6-7,10H2,1H3,(H2,18,21). The Morgan fingerprint density at radius 1 is 1.33 bits per heavy atom. The zero-order chi connectivity index (χ0) is 15.0. The van der Waals surface area contributed by atoms with Crippen LogP contribution in [0.2, 0.25) is 0 Å². The van der Waals surface area contributed by atoms with E-state index in [4.69, 9.17) is 5.73 Å². The average molecular weight is 291 g/mol. The number of anilines is 1. The van der Waals surface area contributed by atoms with Crippen molar-refractivity contribution in [1.29, 1.82) is 0 Å². The van der Waals surface area contributed by atoms with Gasteiger partial charge in [-0.05, 0) is 55.9 Å². The molecule has 0 bridgehead atoms. The first-order valence-corrected chi connectivity index (χ1v) is 7.55. The molecule has 2 aliphatic rings. The number of carbonyl (C=O) groups is 1. The Kier molecular flexibility index (Phi) is 3.61. The Labute approximate surface area is 124 Å². The molecule has 0 aliphatic heterocycles. The molecule has 0 saturated heterocycles. The van der Waals surface area contributed by atoms with Gasteiger partial charge in [0.15, 0.2) is 0 Å². The molecular formula is C16H22FN3O. The number of amides is 1. The van der Waals surface area contributed by atoms with Crippen molar-refractivity contribution in [2.24, 2.45) is 11.7 Å². The van der Waals surface area contributed by atoms with Crippen LogP contribution in [0.3, 0.4) is 0 Å². The summed E-state index contributed by atoms with van der Waals surface area (Å²) in [6.45, 7) is 0.523. The summed E-state index contributed by atoms with van der Waals surface area (Å²) in [5.74, 6) is -0.212. The van der Waals surface area contributed by atoms with Gasteiger partial charge >= 0.3 is 0 Å². The molecule has 0 aromatic heterocycles. The molecule has 2 aliphatic carbocycles. The van der Waals surface area contributed by atoms with Gasteiger partial charge < -0.3 is 10.6 Å². The Hall–Kier alpha value is -1.62. The molecule has 1 aromatic carbocycles. The number of nitrogens with one attached hydrogen (secondary N) is 1. The maximum atomic E-state index is 13.0. The number of halogens is 1. The van der Waals surface area contributed by atoms with Crippen LogP contribution in [0, 0.1) is 11.7 Å². The number of likely N-dealkylation sites (N-methyl/N-ethyl adjacent to an activating group) is 1. The highest BCUT2D eigenvalue weighted by Crippen LogP contribution is 2.42. The Balaban J connectivity index is 1.79. The molecule has 4 nitrogen and oxygen atoms in total. The molecule has 0 heterocycles. The zero-order valence-corrected chi connectivity index (χ0v) is 12.3. The number of nitrogens with two attached hydrogens (primary N) is 1. The van der Waals surface area contributed by atoms with Crippen molar-refractivity contribution in [3.05, 3.63) is 30.1 Å². The summed E-state index contributed by atoms with van der Waals surface area (Å²) in [4.78, 5) is 14.1. The van der Waals surface area contributed by atoms with E-state index in [1.807, 2.05) is 11.9 Å². The highest BCUT2D eigenvalue weighted by molar-refractivity contribution is 5.86. The highest BCUT2D eigenvalue weighted by atomic mass is 19.1. The Morgan fingerprint density at radius 2 is 1.95 bits per heavy atom. The maximum absolute atomic E-state index is 13.0. The van der Waals surface area contributed by atoms with Gasteiger partial charge in [-0.3, -0.25) is 10.1 Å². The van der Waals surface area contributed by atoms with Gasteiger partial charge in [0.25, 0.3) is 0 Å². The Morgan fingerprint density at radius 3 is 2.43 bits per heavy atom. The summed E-state index contributed by atoms with van der Waals surface area (Å²) >= 11 is 0. The fourth-order valence-electron chi connectivity index (χ4n) is 2.97. The van der Waals surface area contributed by atoms with Crippen molar-refractivity contribution in [2.75, 3.05) is 18.5 Å². The molecule has 21 heavy (non-hydrogen) atoms. The quantitative estimate of drug-likeness (QED) is 0.803. The van der Waals surface area contributed by atoms with E-state index in [2.05, 4.69) is 5.32 Å². The largest absolute Gasteiger partial charge is 0.372 e. The summed E-state index contributed by atoms with van der Waals surface area (Å²) in [6, 6.07) is 6.74. The third kappa shape index (κ3) is 3.02. The van der Waals surface area contributed by atoms with Crippen LogP contribution in [-0.2, 0) is 4.79 Å². The van der Waals surface area contributed by atoms with Crippen LogP contribution in [0.15, 0.2) is 24.3 Å². The van der Waals surface area contributed by atoms with E-state index in [-0.39, 0.29) is 11.7 Å². The number of rotatable bonds is 7. The summed E-state index contributed by atoms with van der Waals surface area (Å²) < 4.78 is 13.0. The van der Waals surface area contributed by atoms with Gasteiger partial charge in [-0.1, -0.05) is 0 Å². The van der Waals surface area contributed by atoms with Crippen molar-refractivity contribution in [1.82, 2.24) is 5.32 Å². The number of hydrogen-bond donors (Lipinski definition) is 2. The van der Waals surface area contributed by atoms with E-state index in [1.165, 1.54) is 12.1 Å². The van der Waals surface area contributed by atoms with Gasteiger partial charge in [0.05, 0.1) is 0 Å². The molecule has 0 radical (unpaired) electrons. The first kappa shape index (κ1) is 14.3.